The molecule has 2 saturated carbocycles. The fraction of sp³-hybridized carbons (Fsp3) is 0.744. The quantitative estimate of drug-likeness (QED) is 0.300. The minimum Gasteiger partial charge on any atom is -0.457 e. The second-order valence-electron chi connectivity index (χ2n) is 18.4. The summed E-state index contributed by atoms with van der Waals surface area (Å²) in [5.41, 5.74) is 0.212. The molecule has 5 fully saturated rings. The summed E-state index contributed by atoms with van der Waals surface area (Å²) in [4.78, 5) is 30.0. The average molecular weight is 662 g/mol. The van der Waals surface area contributed by atoms with Gasteiger partial charge in [-0.15, -0.1) is 0 Å². The first-order chi connectivity index (χ1) is 22.3. The Morgan fingerprint density at radius 3 is 2.46 bits per heavy atom. The van der Waals surface area contributed by atoms with Crippen LogP contribution < -0.4 is 0 Å². The largest absolute Gasteiger partial charge is 0.457 e. The van der Waals surface area contributed by atoms with Gasteiger partial charge in [0.1, 0.15) is 29.5 Å². The van der Waals surface area contributed by atoms with E-state index in [2.05, 4.69) is 52.6 Å². The van der Waals surface area contributed by atoms with Gasteiger partial charge in [0.15, 0.2) is 11.4 Å². The molecule has 4 heterocycles. The molecule has 9 nitrogen and oxygen atoms in total. The molecule has 3 N–H and O–H groups in total. The van der Waals surface area contributed by atoms with Crippen LogP contribution in [-0.4, -0.2) is 79.4 Å². The molecule has 7 aliphatic rings. The average Bonchev–Trinajstić information content (AvgIpc) is 3.48. The smallest absolute Gasteiger partial charge is 0.303 e. The number of nitrogens with one attached hydrogen (secondary N) is 1. The van der Waals surface area contributed by atoms with E-state index in [4.69, 9.17) is 18.9 Å². The van der Waals surface area contributed by atoms with Crippen LogP contribution >= 0.6 is 0 Å². The molecule has 9 heteroatoms. The number of aliphatic hydroxyl groups excluding tert-OH is 1. The van der Waals surface area contributed by atoms with Crippen molar-refractivity contribution in [3.05, 3.63) is 34.5 Å². The van der Waals surface area contributed by atoms with E-state index in [0.717, 1.165) is 35.9 Å². The number of ketones is 1. The highest BCUT2D eigenvalue weighted by Gasteiger charge is 2.86. The number of aromatic nitrogens is 1. The Hall–Kier alpha value is -2.30. The molecule has 3 saturated heterocycles. The number of rotatable bonds is 2. The number of Topliss-reactive ketones (excluding diaryl/α,β-unsaturated/α-hetero) is 1. The van der Waals surface area contributed by atoms with Crippen molar-refractivity contribution in [2.75, 3.05) is 0 Å². The maximum Gasteiger partial charge on any atom is 0.303 e. The van der Waals surface area contributed by atoms with Crippen LogP contribution in [-0.2, 0) is 42.0 Å². The van der Waals surface area contributed by atoms with E-state index < -0.39 is 69.2 Å². The van der Waals surface area contributed by atoms with Crippen LogP contribution in [0.25, 0.3) is 10.9 Å². The molecular weight excluding hydrogens is 610 g/mol. The summed E-state index contributed by atoms with van der Waals surface area (Å²) < 4.78 is 25.3. The Morgan fingerprint density at radius 1 is 1.02 bits per heavy atom. The third-order valence-corrected chi connectivity index (χ3v) is 15.2. The van der Waals surface area contributed by atoms with Crippen molar-refractivity contribution >= 4 is 22.7 Å². The molecule has 9 rings (SSSR count). The van der Waals surface area contributed by atoms with Crippen molar-refractivity contribution in [3.8, 4) is 0 Å². The second-order valence-corrected chi connectivity index (χ2v) is 18.4. The zero-order valence-electron chi connectivity index (χ0n) is 29.8. The number of hydrogen-bond donors (Lipinski definition) is 3. The van der Waals surface area contributed by atoms with Crippen LogP contribution in [0, 0.1) is 23.2 Å². The van der Waals surface area contributed by atoms with Crippen LogP contribution in [0.1, 0.15) is 115 Å². The number of ether oxygens (including phenoxy) is 4. The number of hydrogen-bond acceptors (Lipinski definition) is 8. The highest BCUT2D eigenvalue weighted by atomic mass is 16.7. The summed E-state index contributed by atoms with van der Waals surface area (Å²) in [5, 5.41) is 26.0. The first kappa shape index (κ1) is 31.7. The van der Waals surface area contributed by atoms with Crippen molar-refractivity contribution in [1.29, 1.82) is 0 Å². The lowest BCUT2D eigenvalue weighted by atomic mass is 9.40. The fourth-order valence-corrected chi connectivity index (χ4v) is 13.0. The number of aromatic amines is 1. The number of aliphatic hydroxyl groups is 2. The number of carbonyl (C=O) groups excluding carboxylic acids is 2. The van der Waals surface area contributed by atoms with Crippen molar-refractivity contribution in [3.63, 3.8) is 0 Å². The van der Waals surface area contributed by atoms with Gasteiger partial charge in [0.2, 0.25) is 0 Å². The highest BCUT2D eigenvalue weighted by molar-refractivity contribution is 6.06. The third kappa shape index (κ3) is 3.37. The Bertz CT molecular complexity index is 1810. The molecule has 3 aliphatic heterocycles. The van der Waals surface area contributed by atoms with Crippen LogP contribution in [0.15, 0.2) is 12.1 Å². The minimum atomic E-state index is -1.26. The van der Waals surface area contributed by atoms with Gasteiger partial charge < -0.3 is 34.1 Å². The van der Waals surface area contributed by atoms with Gasteiger partial charge in [0.25, 0.3) is 0 Å². The van der Waals surface area contributed by atoms with Crippen LogP contribution in [0.3, 0.4) is 0 Å². The molecule has 2 aromatic rings. The van der Waals surface area contributed by atoms with Gasteiger partial charge in [-0.3, -0.25) is 9.59 Å². The Morgan fingerprint density at radius 2 is 1.75 bits per heavy atom. The van der Waals surface area contributed by atoms with Gasteiger partial charge in [-0.25, -0.2) is 0 Å². The summed E-state index contributed by atoms with van der Waals surface area (Å²) in [6.07, 6.45) is 1.55. The molecule has 11 atom stereocenters. The summed E-state index contributed by atoms with van der Waals surface area (Å²) in [6.45, 7) is 17.8. The SMILES string of the molecule is CC(=O)OC(C)(C)C1OC2CCC3(C)C4(C)c5[nH]c6ccc7c(c6c5CC4CCC3(O)C23OC3C1O)CC1C(C7=O)C(C)(C)OC1(C)C. The number of carbonyl (C=O) groups is 2. The van der Waals surface area contributed by atoms with E-state index in [1.165, 1.54) is 23.6 Å². The first-order valence-corrected chi connectivity index (χ1v) is 18.1. The van der Waals surface area contributed by atoms with E-state index in [1.54, 1.807) is 13.8 Å². The van der Waals surface area contributed by atoms with Gasteiger partial charge in [-0.2, -0.15) is 0 Å². The van der Waals surface area contributed by atoms with Crippen LogP contribution in [0.2, 0.25) is 0 Å². The molecule has 0 radical (unpaired) electrons. The van der Waals surface area contributed by atoms with Gasteiger partial charge >= 0.3 is 5.97 Å². The lowest BCUT2D eigenvalue weighted by molar-refractivity contribution is -0.282. The van der Waals surface area contributed by atoms with E-state index in [9.17, 15) is 19.8 Å². The number of H-pyrrole nitrogens is 1. The normalized spacial score (nSPS) is 46.1. The van der Waals surface area contributed by atoms with E-state index in [0.29, 0.717) is 25.2 Å². The standard InChI is InChI=1S/C39H51NO8/c1-18(41)46-35(6,7)31-29(43)32-39(47-32)25(45-31)13-14-36(8)37(9)19(12-15-38(36,39)44)16-22-26-21-17-23-27(34(4,5)48-33(23,2)3)28(42)20(21)10-11-24(26)40-30(22)37/h10-11,19,23,25,27,29,31-32,40,43-44H,12-17H2,1-9H3. The van der Waals surface area contributed by atoms with E-state index in [-0.39, 0.29) is 17.6 Å². The van der Waals surface area contributed by atoms with Gasteiger partial charge in [-0.05, 0) is 109 Å². The molecular formula is C39H51NO8. The topological polar surface area (TPSA) is 131 Å². The van der Waals surface area contributed by atoms with Crippen molar-refractivity contribution < 1.29 is 38.7 Å². The monoisotopic (exact) mass is 661 g/mol. The maximum absolute atomic E-state index is 14.2. The minimum absolute atomic E-state index is 0.0937. The molecule has 1 aromatic heterocycles. The zero-order valence-corrected chi connectivity index (χ0v) is 29.8. The third-order valence-electron chi connectivity index (χ3n) is 15.2. The van der Waals surface area contributed by atoms with Crippen LogP contribution in [0.4, 0.5) is 0 Å². The summed E-state index contributed by atoms with van der Waals surface area (Å²) in [7, 11) is 0. The van der Waals surface area contributed by atoms with Crippen LogP contribution in [0.5, 0.6) is 0 Å². The van der Waals surface area contributed by atoms with Gasteiger partial charge in [-0.1, -0.05) is 13.8 Å². The predicted molar refractivity (Wildman–Crippen MR) is 177 cm³/mol. The number of benzene rings is 1. The molecule has 4 aliphatic carbocycles. The van der Waals surface area contributed by atoms with E-state index >= 15 is 0 Å². The fourth-order valence-electron chi connectivity index (χ4n) is 13.0. The first-order valence-electron chi connectivity index (χ1n) is 18.1. The molecule has 0 amide bonds. The van der Waals surface area contributed by atoms with Crippen molar-refractivity contribution in [2.24, 2.45) is 23.2 Å². The van der Waals surface area contributed by atoms with Gasteiger partial charge in [0.05, 0.1) is 23.2 Å². The Labute approximate surface area is 282 Å². The second kappa shape index (κ2) is 8.94. The Balaban J connectivity index is 1.13. The summed E-state index contributed by atoms with van der Waals surface area (Å²) in [5.74, 6) is -0.0213. The molecule has 48 heavy (non-hydrogen) atoms. The number of epoxide rings is 1. The van der Waals surface area contributed by atoms with Crippen molar-refractivity contribution in [2.45, 2.75) is 159 Å². The van der Waals surface area contributed by atoms with E-state index in [1.807, 2.05) is 6.07 Å². The predicted octanol–water partition coefficient (Wildman–Crippen LogP) is 5.09. The molecule has 0 bridgehead atoms. The highest BCUT2D eigenvalue weighted by Crippen LogP contribution is 2.75. The maximum atomic E-state index is 14.2. The molecule has 260 valence electrons. The molecule has 11 unspecified atom stereocenters. The summed E-state index contributed by atoms with van der Waals surface area (Å²) >= 11 is 0. The van der Waals surface area contributed by atoms with Gasteiger partial charge in [0, 0.05) is 45.8 Å². The lowest BCUT2D eigenvalue weighted by Crippen LogP contribution is -2.76. The lowest BCUT2D eigenvalue weighted by Gasteiger charge is -2.66. The summed E-state index contributed by atoms with van der Waals surface area (Å²) in [6, 6.07) is 4.10. The molecule has 1 aromatic carbocycles. The molecule has 1 spiro atoms. The number of fused-ring (bicyclic) bond motifs is 10. The Kier molecular flexibility index (Phi) is 5.90. The zero-order chi connectivity index (χ0) is 34.4. The number of esters is 1. The van der Waals surface area contributed by atoms with Crippen molar-refractivity contribution in [1.82, 2.24) is 4.98 Å².